The summed E-state index contributed by atoms with van der Waals surface area (Å²) in [5.74, 6) is -0.0780. The van der Waals surface area contributed by atoms with Crippen LogP contribution in [0.3, 0.4) is 0 Å². The van der Waals surface area contributed by atoms with E-state index in [1.807, 2.05) is 85.8 Å². The molecule has 3 nitrogen and oxygen atoms in total. The van der Waals surface area contributed by atoms with Crippen molar-refractivity contribution in [2.24, 2.45) is 0 Å². The predicted octanol–water partition coefficient (Wildman–Crippen LogP) is 4.86. The highest BCUT2D eigenvalue weighted by Gasteiger charge is 2.12. The number of hydrogen-bond acceptors (Lipinski definition) is 2. The maximum Gasteiger partial charge on any atom is 0.251 e. The van der Waals surface area contributed by atoms with Crippen LogP contribution in [0.5, 0.6) is 0 Å². The summed E-state index contributed by atoms with van der Waals surface area (Å²) in [6.45, 7) is 1.95. The second-order valence-electron chi connectivity index (χ2n) is 6.64. The Bertz CT molecular complexity index is 1170. The number of benzene rings is 3. The van der Waals surface area contributed by atoms with Crippen molar-refractivity contribution in [2.45, 2.75) is 13.5 Å². The number of aryl methyl sites for hydroxylation is 1. The molecule has 3 aromatic carbocycles. The molecule has 0 saturated carbocycles. The Kier molecular flexibility index (Phi) is 4.43. The largest absolute Gasteiger partial charge is 0.300 e. The van der Waals surface area contributed by atoms with Crippen molar-refractivity contribution < 1.29 is 4.79 Å². The van der Waals surface area contributed by atoms with E-state index in [4.69, 9.17) is 0 Å². The summed E-state index contributed by atoms with van der Waals surface area (Å²) in [6, 6.07) is 26.8. The van der Waals surface area contributed by atoms with Gasteiger partial charge in [-0.2, -0.15) is 0 Å². The number of fused-ring (bicyclic) bond motifs is 1. The third-order valence-corrected chi connectivity index (χ3v) is 4.84. The Morgan fingerprint density at radius 1 is 0.815 bits per heavy atom. The molecule has 4 rings (SSSR count). The lowest BCUT2D eigenvalue weighted by Crippen LogP contribution is -2.24. The molecule has 0 aliphatic heterocycles. The van der Waals surface area contributed by atoms with E-state index in [0.29, 0.717) is 5.56 Å². The molecule has 0 fully saturated rings. The lowest BCUT2D eigenvalue weighted by Gasteiger charge is -2.11. The number of carbonyl (C=O) groups is 1. The van der Waals surface area contributed by atoms with Gasteiger partial charge in [-0.05, 0) is 29.7 Å². The number of nitrogens with zero attached hydrogens (tertiary/aromatic N) is 1. The van der Waals surface area contributed by atoms with E-state index in [1.165, 1.54) is 0 Å². The highest BCUT2D eigenvalue weighted by Crippen LogP contribution is 2.20. The van der Waals surface area contributed by atoms with Crippen molar-refractivity contribution >= 4 is 16.7 Å². The fourth-order valence-corrected chi connectivity index (χ4v) is 3.38. The van der Waals surface area contributed by atoms with Gasteiger partial charge < -0.3 is 4.57 Å². The molecule has 132 valence electrons. The van der Waals surface area contributed by atoms with Crippen LogP contribution >= 0.6 is 0 Å². The number of Topliss-reactive ketones (excluding diaryl/α,β-unsaturated/α-hetero) is 1. The Hall–Kier alpha value is -3.46. The van der Waals surface area contributed by atoms with Crippen molar-refractivity contribution in [1.29, 1.82) is 0 Å². The normalized spacial score (nSPS) is 10.9. The van der Waals surface area contributed by atoms with Crippen LogP contribution in [-0.2, 0) is 6.54 Å². The highest BCUT2D eigenvalue weighted by molar-refractivity contribution is 5.97. The minimum Gasteiger partial charge on any atom is -0.300 e. The van der Waals surface area contributed by atoms with E-state index >= 15 is 0 Å². The molecule has 1 heterocycles. The molecule has 0 atom stereocenters. The first-order chi connectivity index (χ1) is 13.1. The summed E-state index contributed by atoms with van der Waals surface area (Å²) in [4.78, 5) is 25.3. The second kappa shape index (κ2) is 7.04. The van der Waals surface area contributed by atoms with Gasteiger partial charge in [-0.1, -0.05) is 72.8 Å². The maximum absolute atomic E-state index is 12.8. The van der Waals surface area contributed by atoms with Crippen LogP contribution in [0.2, 0.25) is 0 Å². The zero-order valence-corrected chi connectivity index (χ0v) is 15.1. The van der Waals surface area contributed by atoms with Crippen molar-refractivity contribution in [2.75, 3.05) is 0 Å². The minimum absolute atomic E-state index is 0.0321. The Morgan fingerprint density at radius 2 is 1.44 bits per heavy atom. The first-order valence-electron chi connectivity index (χ1n) is 8.91. The number of pyridine rings is 1. The molecule has 0 unspecified atom stereocenters. The molecule has 27 heavy (non-hydrogen) atoms. The molecule has 0 radical (unpaired) electrons. The first-order valence-corrected chi connectivity index (χ1v) is 8.91. The number of ketones is 1. The summed E-state index contributed by atoms with van der Waals surface area (Å²) < 4.78 is 1.55. The standard InChI is InChI=1S/C24H19NO2/c1-17-15-24(27)25(22-10-6-5-9-21(17)22)16-23(26)20-13-11-19(12-14-20)18-7-3-2-4-8-18/h2-15H,16H2,1H3. The quantitative estimate of drug-likeness (QED) is 0.492. The number of hydrogen-bond donors (Lipinski definition) is 0. The molecule has 1 aromatic heterocycles. The van der Waals surface area contributed by atoms with Gasteiger partial charge in [-0.25, -0.2) is 0 Å². The fraction of sp³-hybridized carbons (Fsp3) is 0.0833. The third-order valence-electron chi connectivity index (χ3n) is 4.84. The lowest BCUT2D eigenvalue weighted by molar-refractivity contribution is 0.0972. The van der Waals surface area contributed by atoms with Gasteiger partial charge in [-0.15, -0.1) is 0 Å². The number of rotatable bonds is 4. The first kappa shape index (κ1) is 17.0. The summed E-state index contributed by atoms with van der Waals surface area (Å²) in [6.07, 6.45) is 0. The lowest BCUT2D eigenvalue weighted by atomic mass is 10.0. The van der Waals surface area contributed by atoms with Gasteiger partial charge in [0.15, 0.2) is 5.78 Å². The molecular weight excluding hydrogens is 334 g/mol. The molecule has 0 aliphatic rings. The molecular formula is C24H19NO2. The monoisotopic (exact) mass is 353 g/mol. The van der Waals surface area contributed by atoms with Crippen LogP contribution in [0.25, 0.3) is 22.0 Å². The molecule has 4 aromatic rings. The molecule has 0 N–H and O–H groups in total. The van der Waals surface area contributed by atoms with E-state index in [9.17, 15) is 9.59 Å². The van der Waals surface area contributed by atoms with Gasteiger partial charge in [0.25, 0.3) is 5.56 Å². The summed E-state index contributed by atoms with van der Waals surface area (Å²) in [7, 11) is 0. The summed E-state index contributed by atoms with van der Waals surface area (Å²) in [5.41, 5.74) is 4.33. The van der Waals surface area contributed by atoms with Crippen LogP contribution < -0.4 is 5.56 Å². The minimum atomic E-state index is -0.152. The number of aromatic nitrogens is 1. The summed E-state index contributed by atoms with van der Waals surface area (Å²) >= 11 is 0. The van der Waals surface area contributed by atoms with Gasteiger partial charge in [0.2, 0.25) is 0 Å². The van der Waals surface area contributed by atoms with Crippen LogP contribution in [0.15, 0.2) is 89.7 Å². The second-order valence-corrected chi connectivity index (χ2v) is 6.64. The molecule has 0 amide bonds. The third kappa shape index (κ3) is 3.32. The molecule has 0 bridgehead atoms. The van der Waals surface area contributed by atoms with Gasteiger partial charge in [0.05, 0.1) is 12.1 Å². The maximum atomic E-state index is 12.8. The van der Waals surface area contributed by atoms with Gasteiger partial charge in [-0.3, -0.25) is 9.59 Å². The molecule has 0 spiro atoms. The van der Waals surface area contributed by atoms with Crippen molar-refractivity contribution in [3.8, 4) is 11.1 Å². The SMILES string of the molecule is Cc1cc(=O)n(CC(=O)c2ccc(-c3ccccc3)cc2)c2ccccc12. The molecule has 3 heteroatoms. The zero-order valence-electron chi connectivity index (χ0n) is 15.1. The van der Waals surface area contributed by atoms with E-state index in [-0.39, 0.29) is 17.9 Å². The predicted molar refractivity (Wildman–Crippen MR) is 109 cm³/mol. The van der Waals surface area contributed by atoms with Crippen LogP contribution in [-0.4, -0.2) is 10.4 Å². The average molecular weight is 353 g/mol. The Balaban J connectivity index is 1.65. The van der Waals surface area contributed by atoms with Crippen LogP contribution in [0.4, 0.5) is 0 Å². The van der Waals surface area contributed by atoms with Gasteiger partial charge in [0.1, 0.15) is 0 Å². The van der Waals surface area contributed by atoms with E-state index in [2.05, 4.69) is 0 Å². The van der Waals surface area contributed by atoms with Gasteiger partial charge in [0, 0.05) is 17.0 Å². The van der Waals surface area contributed by atoms with Crippen LogP contribution in [0, 0.1) is 6.92 Å². The topological polar surface area (TPSA) is 39.1 Å². The van der Waals surface area contributed by atoms with E-state index in [1.54, 1.807) is 10.6 Å². The van der Waals surface area contributed by atoms with Crippen LogP contribution in [0.1, 0.15) is 15.9 Å². The van der Waals surface area contributed by atoms with Crippen molar-refractivity contribution in [1.82, 2.24) is 4.57 Å². The Morgan fingerprint density at radius 3 is 2.19 bits per heavy atom. The van der Waals surface area contributed by atoms with Gasteiger partial charge >= 0.3 is 0 Å². The fourth-order valence-electron chi connectivity index (χ4n) is 3.38. The average Bonchev–Trinajstić information content (AvgIpc) is 2.72. The number of carbonyl (C=O) groups excluding carboxylic acids is 1. The summed E-state index contributed by atoms with van der Waals surface area (Å²) in [5, 5.41) is 0.990. The molecule has 0 aliphatic carbocycles. The van der Waals surface area contributed by atoms with E-state index < -0.39 is 0 Å². The van der Waals surface area contributed by atoms with Crippen molar-refractivity contribution in [3.63, 3.8) is 0 Å². The zero-order chi connectivity index (χ0) is 18.8. The Labute approximate surface area is 157 Å². The number of para-hydroxylation sites is 1. The molecule has 0 saturated heterocycles. The highest BCUT2D eigenvalue weighted by atomic mass is 16.1. The van der Waals surface area contributed by atoms with E-state index in [0.717, 1.165) is 27.6 Å². The smallest absolute Gasteiger partial charge is 0.251 e. The van der Waals surface area contributed by atoms with Crippen molar-refractivity contribution in [3.05, 3.63) is 106 Å².